The van der Waals surface area contributed by atoms with E-state index in [4.69, 9.17) is 0 Å². The molecule has 0 unspecified atom stereocenters. The van der Waals surface area contributed by atoms with Gasteiger partial charge < -0.3 is 5.32 Å². The van der Waals surface area contributed by atoms with Gasteiger partial charge in [0, 0.05) is 11.3 Å². The quantitative estimate of drug-likeness (QED) is 0.433. The first-order valence-electron chi connectivity index (χ1n) is 7.88. The van der Waals surface area contributed by atoms with Gasteiger partial charge in [0.15, 0.2) is 5.13 Å². The van der Waals surface area contributed by atoms with E-state index in [2.05, 4.69) is 10.3 Å². The molecule has 128 valence electrons. The number of aromatic nitrogens is 1. The van der Waals surface area contributed by atoms with Crippen LogP contribution in [0.25, 0.3) is 11.3 Å². The first-order valence-corrected chi connectivity index (χ1v) is 9.57. The SMILES string of the molecule is O=C(c1cccs1)c1sc(Nc2ccccc2)nc1-c1ccc(F)cc1. The van der Waals surface area contributed by atoms with Crippen LogP contribution in [0.4, 0.5) is 15.2 Å². The van der Waals surface area contributed by atoms with Crippen LogP contribution in [-0.2, 0) is 0 Å². The molecule has 0 saturated heterocycles. The third-order valence-electron chi connectivity index (χ3n) is 3.72. The van der Waals surface area contributed by atoms with E-state index in [-0.39, 0.29) is 11.6 Å². The van der Waals surface area contributed by atoms with Crippen molar-refractivity contribution in [1.29, 1.82) is 0 Å². The molecule has 0 aliphatic carbocycles. The highest BCUT2D eigenvalue weighted by molar-refractivity contribution is 7.19. The maximum Gasteiger partial charge on any atom is 0.215 e. The summed E-state index contributed by atoms with van der Waals surface area (Å²) in [6.45, 7) is 0. The zero-order valence-electron chi connectivity index (χ0n) is 13.5. The average molecular weight is 380 g/mol. The lowest BCUT2D eigenvalue weighted by atomic mass is 10.1. The number of carbonyl (C=O) groups excluding carboxylic acids is 1. The molecule has 0 aliphatic rings. The number of para-hydroxylation sites is 1. The Morgan fingerprint density at radius 2 is 1.73 bits per heavy atom. The van der Waals surface area contributed by atoms with Crippen molar-refractivity contribution in [3.8, 4) is 11.3 Å². The van der Waals surface area contributed by atoms with Gasteiger partial charge in [0.25, 0.3) is 0 Å². The summed E-state index contributed by atoms with van der Waals surface area (Å²) >= 11 is 2.70. The summed E-state index contributed by atoms with van der Waals surface area (Å²) in [5.41, 5.74) is 2.16. The van der Waals surface area contributed by atoms with E-state index in [9.17, 15) is 9.18 Å². The Bertz CT molecular complexity index is 1030. The Morgan fingerprint density at radius 1 is 0.962 bits per heavy atom. The predicted octanol–water partition coefficient (Wildman–Crippen LogP) is 5.99. The fourth-order valence-corrected chi connectivity index (χ4v) is 4.19. The molecular formula is C20H13FN2OS2. The van der Waals surface area contributed by atoms with Crippen molar-refractivity contribution >= 4 is 39.3 Å². The van der Waals surface area contributed by atoms with Crippen LogP contribution in [0.15, 0.2) is 72.1 Å². The summed E-state index contributed by atoms with van der Waals surface area (Å²) in [4.78, 5) is 18.7. The molecule has 0 amide bonds. The molecule has 0 radical (unpaired) electrons. The third kappa shape index (κ3) is 3.42. The Hall–Kier alpha value is -2.83. The molecule has 26 heavy (non-hydrogen) atoms. The molecular weight excluding hydrogens is 367 g/mol. The molecule has 3 nitrogen and oxygen atoms in total. The van der Waals surface area contributed by atoms with Crippen LogP contribution in [0.5, 0.6) is 0 Å². The molecule has 6 heteroatoms. The lowest BCUT2D eigenvalue weighted by Gasteiger charge is -2.01. The number of benzene rings is 2. The fraction of sp³-hybridized carbons (Fsp3) is 0. The van der Waals surface area contributed by atoms with Gasteiger partial charge in [-0.1, -0.05) is 35.6 Å². The van der Waals surface area contributed by atoms with Crippen molar-refractivity contribution < 1.29 is 9.18 Å². The number of thiophene rings is 1. The molecule has 4 rings (SSSR count). The first kappa shape index (κ1) is 16.6. The maximum absolute atomic E-state index is 13.3. The number of nitrogens with zero attached hydrogens (tertiary/aromatic N) is 1. The number of ketones is 1. The summed E-state index contributed by atoms with van der Waals surface area (Å²) in [7, 11) is 0. The highest BCUT2D eigenvalue weighted by Crippen LogP contribution is 2.35. The van der Waals surface area contributed by atoms with Gasteiger partial charge in [-0.05, 0) is 47.8 Å². The molecule has 0 aliphatic heterocycles. The van der Waals surface area contributed by atoms with Gasteiger partial charge in [-0.2, -0.15) is 0 Å². The largest absolute Gasteiger partial charge is 0.332 e. The molecule has 0 spiro atoms. The minimum atomic E-state index is -0.322. The van der Waals surface area contributed by atoms with E-state index in [1.165, 1.54) is 34.8 Å². The monoisotopic (exact) mass is 380 g/mol. The predicted molar refractivity (Wildman–Crippen MR) is 105 cm³/mol. The van der Waals surface area contributed by atoms with E-state index in [1.807, 2.05) is 41.8 Å². The lowest BCUT2D eigenvalue weighted by Crippen LogP contribution is -1.98. The molecule has 0 atom stereocenters. The van der Waals surface area contributed by atoms with E-state index in [1.54, 1.807) is 18.2 Å². The summed E-state index contributed by atoms with van der Waals surface area (Å²) in [5, 5.41) is 5.72. The van der Waals surface area contributed by atoms with Crippen LogP contribution in [-0.4, -0.2) is 10.8 Å². The van der Waals surface area contributed by atoms with Gasteiger partial charge in [0.1, 0.15) is 10.7 Å². The second-order valence-electron chi connectivity index (χ2n) is 5.50. The van der Waals surface area contributed by atoms with Gasteiger partial charge in [0.05, 0.1) is 10.6 Å². The first-order chi connectivity index (χ1) is 12.7. The van der Waals surface area contributed by atoms with Crippen LogP contribution in [0, 0.1) is 5.82 Å². The van der Waals surface area contributed by atoms with Crippen LogP contribution in [0.2, 0.25) is 0 Å². The standard InChI is InChI=1S/C20H13FN2OS2/c21-14-10-8-13(9-11-14)17-19(18(24)16-7-4-12-25-16)26-20(23-17)22-15-5-2-1-3-6-15/h1-12H,(H,22,23). The van der Waals surface area contributed by atoms with Gasteiger partial charge in [0.2, 0.25) is 5.78 Å². The summed E-state index contributed by atoms with van der Waals surface area (Å²) in [6, 6.07) is 19.3. The second-order valence-corrected chi connectivity index (χ2v) is 7.45. The highest BCUT2D eigenvalue weighted by Gasteiger charge is 2.21. The number of hydrogen-bond acceptors (Lipinski definition) is 5. The minimum absolute atomic E-state index is 0.0714. The Labute approximate surface area is 157 Å². The topological polar surface area (TPSA) is 42.0 Å². The molecule has 0 saturated carbocycles. The van der Waals surface area contributed by atoms with E-state index >= 15 is 0 Å². The van der Waals surface area contributed by atoms with Gasteiger partial charge in [-0.25, -0.2) is 9.37 Å². The average Bonchev–Trinajstić information content (AvgIpc) is 3.33. The van der Waals surface area contributed by atoms with E-state index in [0.29, 0.717) is 26.1 Å². The van der Waals surface area contributed by atoms with Gasteiger partial charge in [-0.15, -0.1) is 11.3 Å². The fourth-order valence-electron chi connectivity index (χ4n) is 2.50. The number of anilines is 2. The minimum Gasteiger partial charge on any atom is -0.332 e. The molecule has 1 N–H and O–H groups in total. The number of nitrogens with one attached hydrogen (secondary N) is 1. The van der Waals surface area contributed by atoms with Crippen molar-refractivity contribution in [3.63, 3.8) is 0 Å². The van der Waals surface area contributed by atoms with Crippen LogP contribution < -0.4 is 5.32 Å². The Balaban J connectivity index is 1.77. The molecule has 2 aromatic carbocycles. The Morgan fingerprint density at radius 3 is 2.42 bits per heavy atom. The number of rotatable bonds is 5. The van der Waals surface area contributed by atoms with Crippen molar-refractivity contribution in [2.75, 3.05) is 5.32 Å². The maximum atomic E-state index is 13.3. The highest BCUT2D eigenvalue weighted by atomic mass is 32.1. The van der Waals surface area contributed by atoms with Crippen LogP contribution >= 0.6 is 22.7 Å². The van der Waals surface area contributed by atoms with Crippen LogP contribution in [0.1, 0.15) is 14.5 Å². The van der Waals surface area contributed by atoms with Crippen molar-refractivity contribution in [3.05, 3.63) is 87.7 Å². The zero-order valence-corrected chi connectivity index (χ0v) is 15.1. The zero-order chi connectivity index (χ0) is 17.9. The molecule has 2 aromatic heterocycles. The van der Waals surface area contributed by atoms with Crippen LogP contribution in [0.3, 0.4) is 0 Å². The lowest BCUT2D eigenvalue weighted by molar-refractivity contribution is 0.104. The summed E-state index contributed by atoms with van der Waals surface area (Å²) < 4.78 is 13.3. The van der Waals surface area contributed by atoms with E-state index in [0.717, 1.165) is 5.69 Å². The summed E-state index contributed by atoms with van der Waals surface area (Å²) in [5.74, 6) is -0.393. The van der Waals surface area contributed by atoms with Crippen molar-refractivity contribution in [1.82, 2.24) is 4.98 Å². The van der Waals surface area contributed by atoms with Gasteiger partial charge in [-0.3, -0.25) is 4.79 Å². The van der Waals surface area contributed by atoms with Crippen molar-refractivity contribution in [2.45, 2.75) is 0 Å². The summed E-state index contributed by atoms with van der Waals surface area (Å²) in [6.07, 6.45) is 0. The normalized spacial score (nSPS) is 10.7. The third-order valence-corrected chi connectivity index (χ3v) is 5.56. The number of halogens is 1. The number of thiazole rings is 1. The second kappa shape index (κ2) is 7.19. The van der Waals surface area contributed by atoms with Gasteiger partial charge >= 0.3 is 0 Å². The molecule has 0 fully saturated rings. The number of carbonyl (C=O) groups is 1. The smallest absolute Gasteiger partial charge is 0.215 e. The van der Waals surface area contributed by atoms with E-state index < -0.39 is 0 Å². The Kier molecular flexibility index (Phi) is 4.60. The van der Waals surface area contributed by atoms with Crippen molar-refractivity contribution in [2.24, 2.45) is 0 Å². The number of hydrogen-bond donors (Lipinski definition) is 1. The molecule has 0 bridgehead atoms. The molecule has 2 heterocycles. The molecule has 4 aromatic rings.